The van der Waals surface area contributed by atoms with Crippen LogP contribution in [0.15, 0.2) is 60.8 Å². The van der Waals surface area contributed by atoms with Crippen LogP contribution in [0, 0.1) is 0 Å². The number of hydrogen-bond donors (Lipinski definition) is 1. The van der Waals surface area contributed by atoms with E-state index in [-0.39, 0.29) is 0 Å². The van der Waals surface area contributed by atoms with Crippen LogP contribution < -0.4 is 4.72 Å². The molecule has 0 aliphatic carbocycles. The smallest absolute Gasteiger partial charge is 0.235 e. The molecule has 9 heteroatoms. The van der Waals surface area contributed by atoms with Crippen LogP contribution >= 0.6 is 0 Å². The van der Waals surface area contributed by atoms with Crippen LogP contribution in [0.4, 0.5) is 5.69 Å². The zero-order chi connectivity index (χ0) is 19.7. The number of rotatable bonds is 5. The first-order valence-corrected chi connectivity index (χ1v) is 10.2. The van der Waals surface area contributed by atoms with Gasteiger partial charge in [0.2, 0.25) is 15.8 Å². The topological polar surface area (TPSA) is 102 Å². The third kappa shape index (κ3) is 3.44. The fourth-order valence-electron chi connectivity index (χ4n) is 2.59. The van der Waals surface area contributed by atoms with Crippen molar-refractivity contribution in [3.63, 3.8) is 0 Å². The van der Waals surface area contributed by atoms with Gasteiger partial charge >= 0.3 is 0 Å². The zero-order valence-corrected chi connectivity index (χ0v) is 16.1. The lowest BCUT2D eigenvalue weighted by Crippen LogP contribution is -2.22. The number of fused-ring (bicyclic) bond motifs is 1. The Morgan fingerprint density at radius 2 is 1.71 bits per heavy atom. The Labute approximate surface area is 162 Å². The van der Waals surface area contributed by atoms with Crippen LogP contribution in [0.3, 0.4) is 0 Å². The van der Waals surface area contributed by atoms with Gasteiger partial charge in [0.05, 0.1) is 10.9 Å². The summed E-state index contributed by atoms with van der Waals surface area (Å²) >= 11 is 0. The van der Waals surface area contributed by atoms with Crippen LogP contribution in [0.1, 0.15) is 13.8 Å². The highest BCUT2D eigenvalue weighted by Crippen LogP contribution is 2.22. The first-order valence-electron chi connectivity index (χ1n) is 8.70. The first-order chi connectivity index (χ1) is 13.4. The molecule has 0 aliphatic heterocycles. The van der Waals surface area contributed by atoms with Gasteiger partial charge in [0.25, 0.3) is 0 Å². The van der Waals surface area contributed by atoms with Gasteiger partial charge in [0, 0.05) is 17.4 Å². The number of sulfonamides is 1. The van der Waals surface area contributed by atoms with E-state index >= 15 is 0 Å². The van der Waals surface area contributed by atoms with E-state index in [0.29, 0.717) is 28.5 Å². The first kappa shape index (κ1) is 18.1. The second-order valence-electron chi connectivity index (χ2n) is 6.50. The molecule has 0 aliphatic rings. The van der Waals surface area contributed by atoms with Gasteiger partial charge in [-0.25, -0.2) is 8.42 Å². The molecule has 3 aromatic heterocycles. The lowest BCUT2D eigenvalue weighted by molar-refractivity contribution is 0.593. The molecule has 0 amide bonds. The van der Waals surface area contributed by atoms with Crippen LogP contribution in [0.5, 0.6) is 0 Å². The predicted molar refractivity (Wildman–Crippen MR) is 107 cm³/mol. The molecule has 1 N–H and O–H groups in total. The monoisotopic (exact) mass is 394 g/mol. The number of hydrogen-bond acceptors (Lipinski definition) is 6. The van der Waals surface area contributed by atoms with Crippen molar-refractivity contribution in [1.29, 1.82) is 0 Å². The average molecular weight is 394 g/mol. The van der Waals surface area contributed by atoms with E-state index in [2.05, 4.69) is 25.0 Å². The molecule has 4 rings (SSSR count). The van der Waals surface area contributed by atoms with Gasteiger partial charge in [0.1, 0.15) is 5.69 Å². The van der Waals surface area contributed by atoms with Crippen LogP contribution in [-0.4, -0.2) is 38.5 Å². The largest absolute Gasteiger partial charge is 0.283 e. The molecule has 0 fully saturated rings. The highest BCUT2D eigenvalue weighted by Gasteiger charge is 2.16. The van der Waals surface area contributed by atoms with Crippen molar-refractivity contribution in [2.24, 2.45) is 0 Å². The number of pyridine rings is 1. The summed E-state index contributed by atoms with van der Waals surface area (Å²) in [5, 5.41) is 12.4. The van der Waals surface area contributed by atoms with Gasteiger partial charge in [-0.2, -0.15) is 9.61 Å². The maximum absolute atomic E-state index is 12.0. The highest BCUT2D eigenvalue weighted by atomic mass is 32.2. The molecular formula is C19H18N6O2S. The maximum atomic E-state index is 12.0. The third-order valence-corrected chi connectivity index (χ3v) is 5.98. The second kappa shape index (κ2) is 7.01. The van der Waals surface area contributed by atoms with Crippen molar-refractivity contribution in [2.75, 3.05) is 4.72 Å². The average Bonchev–Trinajstić information content (AvgIpc) is 3.12. The Morgan fingerprint density at radius 1 is 0.929 bits per heavy atom. The van der Waals surface area contributed by atoms with Crippen molar-refractivity contribution in [3.8, 4) is 22.8 Å². The number of aromatic nitrogens is 5. The summed E-state index contributed by atoms with van der Waals surface area (Å²) in [5.74, 6) is 0.554. The molecule has 28 heavy (non-hydrogen) atoms. The van der Waals surface area contributed by atoms with E-state index in [0.717, 1.165) is 5.56 Å². The minimum Gasteiger partial charge on any atom is -0.283 e. The SMILES string of the molecule is CC(C)S(=O)(=O)Nc1ccc(-c2ccc3nnc(-c4ccccn4)n3n2)cc1. The van der Waals surface area contributed by atoms with Gasteiger partial charge in [0.15, 0.2) is 5.65 Å². The molecule has 142 valence electrons. The lowest BCUT2D eigenvalue weighted by atomic mass is 10.1. The fraction of sp³-hybridized carbons (Fsp3) is 0.158. The number of benzene rings is 1. The maximum Gasteiger partial charge on any atom is 0.235 e. The van der Waals surface area contributed by atoms with Crippen molar-refractivity contribution < 1.29 is 8.42 Å². The van der Waals surface area contributed by atoms with Crippen molar-refractivity contribution >= 4 is 21.4 Å². The summed E-state index contributed by atoms with van der Waals surface area (Å²) in [7, 11) is -3.38. The molecule has 0 radical (unpaired) electrons. The van der Waals surface area contributed by atoms with E-state index in [4.69, 9.17) is 0 Å². The molecular weight excluding hydrogens is 376 g/mol. The Bertz CT molecular complexity index is 1220. The Balaban J connectivity index is 1.68. The van der Waals surface area contributed by atoms with Gasteiger partial charge in [-0.15, -0.1) is 10.2 Å². The minimum atomic E-state index is -3.38. The van der Waals surface area contributed by atoms with E-state index in [1.165, 1.54) is 0 Å². The molecule has 0 saturated heterocycles. The minimum absolute atomic E-state index is 0.505. The van der Waals surface area contributed by atoms with E-state index in [1.54, 1.807) is 36.7 Å². The standard InChI is InChI=1S/C19H18N6O2S/c1-13(2)28(26,27)24-15-8-6-14(7-9-15)16-10-11-18-21-22-19(25(18)23-16)17-5-3-4-12-20-17/h3-13,24H,1-2H3. The number of anilines is 1. The predicted octanol–water partition coefficient (Wildman–Crippen LogP) is 3.00. The third-order valence-electron chi connectivity index (χ3n) is 4.22. The van der Waals surface area contributed by atoms with E-state index in [1.807, 2.05) is 42.5 Å². The van der Waals surface area contributed by atoms with Crippen LogP contribution in [0.2, 0.25) is 0 Å². The summed E-state index contributed by atoms with van der Waals surface area (Å²) < 4.78 is 28.2. The number of nitrogens with one attached hydrogen (secondary N) is 1. The van der Waals surface area contributed by atoms with Gasteiger partial charge < -0.3 is 0 Å². The summed E-state index contributed by atoms with van der Waals surface area (Å²) in [6.07, 6.45) is 1.69. The molecule has 1 aromatic carbocycles. The van der Waals surface area contributed by atoms with Crippen molar-refractivity contribution in [3.05, 3.63) is 60.8 Å². The lowest BCUT2D eigenvalue weighted by Gasteiger charge is -2.11. The number of nitrogens with zero attached hydrogens (tertiary/aromatic N) is 5. The molecule has 8 nitrogen and oxygen atoms in total. The Hall–Kier alpha value is -3.33. The summed E-state index contributed by atoms with van der Waals surface area (Å²) in [6, 6.07) is 16.3. The molecule has 0 spiro atoms. The summed E-state index contributed by atoms with van der Waals surface area (Å²) in [4.78, 5) is 4.31. The van der Waals surface area contributed by atoms with Gasteiger partial charge in [-0.3, -0.25) is 9.71 Å². The van der Waals surface area contributed by atoms with Crippen LogP contribution in [-0.2, 0) is 10.0 Å². The summed E-state index contributed by atoms with van der Waals surface area (Å²) in [6.45, 7) is 3.27. The molecule has 0 unspecified atom stereocenters. The van der Waals surface area contributed by atoms with Gasteiger partial charge in [-0.05, 0) is 50.2 Å². The van der Waals surface area contributed by atoms with Crippen molar-refractivity contribution in [2.45, 2.75) is 19.1 Å². The molecule has 4 aromatic rings. The Kier molecular flexibility index (Phi) is 4.52. The highest BCUT2D eigenvalue weighted by molar-refractivity contribution is 7.93. The van der Waals surface area contributed by atoms with Crippen LogP contribution in [0.25, 0.3) is 28.4 Å². The van der Waals surface area contributed by atoms with Crippen molar-refractivity contribution in [1.82, 2.24) is 24.8 Å². The Morgan fingerprint density at radius 3 is 2.39 bits per heavy atom. The molecule has 3 heterocycles. The normalized spacial score (nSPS) is 11.8. The fourth-order valence-corrected chi connectivity index (χ4v) is 3.29. The van der Waals surface area contributed by atoms with Gasteiger partial charge in [-0.1, -0.05) is 18.2 Å². The molecule has 0 bridgehead atoms. The molecule has 0 atom stereocenters. The van der Waals surface area contributed by atoms with E-state index < -0.39 is 15.3 Å². The summed E-state index contributed by atoms with van der Waals surface area (Å²) in [5.41, 5.74) is 3.36. The van der Waals surface area contributed by atoms with E-state index in [9.17, 15) is 8.42 Å². The second-order valence-corrected chi connectivity index (χ2v) is 8.74. The quantitative estimate of drug-likeness (QED) is 0.558. The zero-order valence-electron chi connectivity index (χ0n) is 15.3. The molecule has 0 saturated carbocycles.